The molecule has 19 heavy (non-hydrogen) atoms. The van der Waals surface area contributed by atoms with Crippen molar-refractivity contribution in [3.05, 3.63) is 35.4 Å². The number of ether oxygens (including phenoxy) is 1. The molecule has 98 valence electrons. The number of benzene rings is 1. The van der Waals surface area contributed by atoms with Gasteiger partial charge in [-0.15, -0.1) is 0 Å². The molecule has 0 radical (unpaired) electrons. The molecule has 0 amide bonds. The average molecular weight is 254 g/mol. The van der Waals surface area contributed by atoms with Gasteiger partial charge in [0.2, 0.25) is 0 Å². The number of nitriles is 2. The third-order valence-corrected chi connectivity index (χ3v) is 2.94. The highest BCUT2D eigenvalue weighted by Crippen LogP contribution is 2.27. The lowest BCUT2D eigenvalue weighted by Gasteiger charge is -2.10. The van der Waals surface area contributed by atoms with Gasteiger partial charge in [-0.25, -0.2) is 0 Å². The van der Waals surface area contributed by atoms with E-state index < -0.39 is 0 Å². The van der Waals surface area contributed by atoms with Gasteiger partial charge in [-0.1, -0.05) is 26.0 Å². The summed E-state index contributed by atoms with van der Waals surface area (Å²) in [6, 6.07) is 11.5. The highest BCUT2D eigenvalue weighted by molar-refractivity contribution is 5.75. The molecule has 0 N–H and O–H groups in total. The third-order valence-electron chi connectivity index (χ3n) is 2.94. The van der Waals surface area contributed by atoms with Crippen LogP contribution in [0.3, 0.4) is 0 Å². The van der Waals surface area contributed by atoms with Crippen LogP contribution in [0.2, 0.25) is 0 Å². The lowest BCUT2D eigenvalue weighted by molar-refractivity contribution is 0.415. The molecule has 0 saturated carbocycles. The topological polar surface area (TPSA) is 56.8 Å². The van der Waals surface area contributed by atoms with Crippen LogP contribution < -0.4 is 4.74 Å². The van der Waals surface area contributed by atoms with E-state index in [0.717, 1.165) is 29.7 Å². The first-order valence-corrected chi connectivity index (χ1v) is 6.30. The minimum atomic E-state index is 0.200. The molecule has 1 aromatic carbocycles. The minimum Gasteiger partial charge on any atom is -0.497 e. The molecule has 0 spiro atoms. The molecule has 3 nitrogen and oxygen atoms in total. The summed E-state index contributed by atoms with van der Waals surface area (Å²) in [4.78, 5) is 0. The van der Waals surface area contributed by atoms with Gasteiger partial charge in [0.15, 0.2) is 0 Å². The SMILES string of the molecule is COc1ccc(C(CCC(C)C)=C(C#N)C#N)cc1. The van der Waals surface area contributed by atoms with E-state index in [1.165, 1.54) is 0 Å². The molecule has 0 unspecified atom stereocenters. The van der Waals surface area contributed by atoms with E-state index in [9.17, 15) is 0 Å². The van der Waals surface area contributed by atoms with E-state index >= 15 is 0 Å². The summed E-state index contributed by atoms with van der Waals surface area (Å²) in [5, 5.41) is 18.1. The fourth-order valence-corrected chi connectivity index (χ4v) is 1.80. The molecule has 0 aliphatic heterocycles. The molecule has 0 bridgehead atoms. The zero-order valence-corrected chi connectivity index (χ0v) is 11.6. The number of rotatable bonds is 5. The lowest BCUT2D eigenvalue weighted by Crippen LogP contribution is -1.94. The monoisotopic (exact) mass is 254 g/mol. The maximum absolute atomic E-state index is 9.07. The normalized spacial score (nSPS) is 9.58. The second-order valence-corrected chi connectivity index (χ2v) is 4.74. The first-order chi connectivity index (χ1) is 9.12. The Bertz CT molecular complexity index is 511. The maximum Gasteiger partial charge on any atom is 0.133 e. The number of nitrogens with zero attached hydrogens (tertiary/aromatic N) is 2. The highest BCUT2D eigenvalue weighted by Gasteiger charge is 2.10. The quantitative estimate of drug-likeness (QED) is 0.748. The number of hydrogen-bond donors (Lipinski definition) is 0. The van der Waals surface area contributed by atoms with Gasteiger partial charge in [0.25, 0.3) is 0 Å². The third kappa shape index (κ3) is 4.16. The van der Waals surface area contributed by atoms with Crippen molar-refractivity contribution in [2.45, 2.75) is 26.7 Å². The smallest absolute Gasteiger partial charge is 0.133 e. The van der Waals surface area contributed by atoms with E-state index in [0.29, 0.717) is 5.92 Å². The van der Waals surface area contributed by atoms with Crippen LogP contribution in [-0.2, 0) is 0 Å². The van der Waals surface area contributed by atoms with Gasteiger partial charge in [-0.3, -0.25) is 0 Å². The largest absolute Gasteiger partial charge is 0.497 e. The molecule has 0 aliphatic carbocycles. The molecule has 0 fully saturated rings. The summed E-state index contributed by atoms with van der Waals surface area (Å²) in [5.74, 6) is 1.30. The van der Waals surface area contributed by atoms with Crippen LogP contribution in [0.15, 0.2) is 29.8 Å². The number of allylic oxidation sites excluding steroid dienone is 2. The average Bonchev–Trinajstić information content (AvgIpc) is 2.43. The summed E-state index contributed by atoms with van der Waals surface area (Å²) in [6.45, 7) is 4.26. The van der Waals surface area contributed by atoms with Crippen molar-refractivity contribution in [1.29, 1.82) is 10.5 Å². The molecular weight excluding hydrogens is 236 g/mol. The standard InChI is InChI=1S/C16H18N2O/c1-12(2)4-9-16(14(10-17)11-18)13-5-7-15(19-3)8-6-13/h5-8,12H,4,9H2,1-3H3. The zero-order valence-electron chi connectivity index (χ0n) is 11.6. The Morgan fingerprint density at radius 1 is 1.16 bits per heavy atom. The summed E-state index contributed by atoms with van der Waals surface area (Å²) in [7, 11) is 1.61. The minimum absolute atomic E-state index is 0.200. The molecule has 0 saturated heterocycles. The molecule has 1 aromatic rings. The van der Waals surface area contributed by atoms with Gasteiger partial charge in [0, 0.05) is 0 Å². The fraction of sp³-hybridized carbons (Fsp3) is 0.375. The fourth-order valence-electron chi connectivity index (χ4n) is 1.80. The molecule has 0 atom stereocenters. The summed E-state index contributed by atoms with van der Waals surface area (Å²) < 4.78 is 5.11. The molecule has 1 rings (SSSR count). The first kappa shape index (κ1) is 14.8. The first-order valence-electron chi connectivity index (χ1n) is 6.30. The van der Waals surface area contributed by atoms with Crippen molar-refractivity contribution in [3.63, 3.8) is 0 Å². The summed E-state index contributed by atoms with van der Waals surface area (Å²) >= 11 is 0. The Morgan fingerprint density at radius 2 is 1.74 bits per heavy atom. The van der Waals surface area contributed by atoms with E-state index in [1.54, 1.807) is 7.11 Å². The van der Waals surface area contributed by atoms with Crippen LogP contribution in [0.25, 0.3) is 5.57 Å². The Labute approximate surface area is 114 Å². The van der Waals surface area contributed by atoms with E-state index in [4.69, 9.17) is 15.3 Å². The molecule has 3 heteroatoms. The summed E-state index contributed by atoms with van der Waals surface area (Å²) in [5.41, 5.74) is 1.94. The predicted octanol–water partition coefficient (Wildman–Crippen LogP) is 3.93. The molecule has 0 aromatic heterocycles. The van der Waals surface area contributed by atoms with Crippen molar-refractivity contribution in [3.8, 4) is 17.9 Å². The zero-order chi connectivity index (χ0) is 14.3. The van der Waals surface area contributed by atoms with Gasteiger partial charge in [-0.05, 0) is 42.0 Å². The second kappa shape index (κ2) is 7.24. The van der Waals surface area contributed by atoms with Crippen LogP contribution in [-0.4, -0.2) is 7.11 Å². The van der Waals surface area contributed by atoms with Crippen molar-refractivity contribution < 1.29 is 4.74 Å². The Balaban J connectivity index is 3.13. The van der Waals surface area contributed by atoms with Crippen LogP contribution in [0.5, 0.6) is 5.75 Å². The van der Waals surface area contributed by atoms with Crippen molar-refractivity contribution in [2.24, 2.45) is 5.92 Å². The van der Waals surface area contributed by atoms with Crippen LogP contribution in [0, 0.1) is 28.6 Å². The van der Waals surface area contributed by atoms with E-state index in [-0.39, 0.29) is 5.57 Å². The Morgan fingerprint density at radius 3 is 2.16 bits per heavy atom. The molecule has 0 heterocycles. The van der Waals surface area contributed by atoms with Gasteiger partial charge < -0.3 is 4.74 Å². The Hall–Kier alpha value is -2.26. The van der Waals surface area contributed by atoms with E-state index in [2.05, 4.69) is 13.8 Å². The Kier molecular flexibility index (Phi) is 5.64. The number of methoxy groups -OCH3 is 1. The van der Waals surface area contributed by atoms with Crippen molar-refractivity contribution in [2.75, 3.05) is 7.11 Å². The second-order valence-electron chi connectivity index (χ2n) is 4.74. The van der Waals surface area contributed by atoms with E-state index in [1.807, 2.05) is 36.4 Å². The van der Waals surface area contributed by atoms with Crippen LogP contribution in [0.1, 0.15) is 32.3 Å². The van der Waals surface area contributed by atoms with Gasteiger partial charge in [0.05, 0.1) is 7.11 Å². The van der Waals surface area contributed by atoms with Crippen molar-refractivity contribution >= 4 is 5.57 Å². The molecule has 0 aliphatic rings. The lowest BCUT2D eigenvalue weighted by atomic mass is 9.93. The predicted molar refractivity (Wildman–Crippen MR) is 75.2 cm³/mol. The van der Waals surface area contributed by atoms with Gasteiger partial charge >= 0.3 is 0 Å². The highest BCUT2D eigenvalue weighted by atomic mass is 16.5. The van der Waals surface area contributed by atoms with Crippen LogP contribution in [0.4, 0.5) is 0 Å². The maximum atomic E-state index is 9.07. The number of hydrogen-bond acceptors (Lipinski definition) is 3. The van der Waals surface area contributed by atoms with Crippen molar-refractivity contribution in [1.82, 2.24) is 0 Å². The summed E-state index contributed by atoms with van der Waals surface area (Å²) in [6.07, 6.45) is 1.69. The molecular formula is C16H18N2O. The van der Waals surface area contributed by atoms with Crippen LogP contribution >= 0.6 is 0 Å². The van der Waals surface area contributed by atoms with Gasteiger partial charge in [0.1, 0.15) is 23.5 Å². The van der Waals surface area contributed by atoms with Gasteiger partial charge in [-0.2, -0.15) is 10.5 Å².